The number of para-hydroxylation sites is 2. The second-order valence-electron chi connectivity index (χ2n) is 6.49. The summed E-state index contributed by atoms with van der Waals surface area (Å²) in [5.41, 5.74) is 5.06. The summed E-state index contributed by atoms with van der Waals surface area (Å²) in [6.45, 7) is 0.951. The fourth-order valence-electron chi connectivity index (χ4n) is 3.86. The molecule has 0 saturated carbocycles. The molecule has 3 heteroatoms. The van der Waals surface area contributed by atoms with Crippen molar-refractivity contribution < 1.29 is 9.47 Å². The molecule has 4 rings (SSSR count). The first-order chi connectivity index (χ1) is 12.8. The number of hydrogen-bond acceptors (Lipinski definition) is 3. The molecule has 0 aromatic heterocycles. The number of methoxy groups -OCH3 is 2. The van der Waals surface area contributed by atoms with E-state index in [0.717, 1.165) is 24.5 Å². The monoisotopic (exact) mass is 345 g/mol. The number of ether oxygens (including phenoxy) is 2. The van der Waals surface area contributed by atoms with E-state index >= 15 is 0 Å². The molecule has 0 fully saturated rings. The van der Waals surface area contributed by atoms with Gasteiger partial charge in [0, 0.05) is 17.8 Å². The van der Waals surface area contributed by atoms with Crippen LogP contribution in [0.15, 0.2) is 72.8 Å². The van der Waals surface area contributed by atoms with E-state index in [0.29, 0.717) is 0 Å². The molecule has 0 bridgehead atoms. The van der Waals surface area contributed by atoms with Crippen LogP contribution in [0.3, 0.4) is 0 Å². The average molecular weight is 345 g/mol. The fraction of sp³-hybridized carbons (Fsp3) is 0.217. The van der Waals surface area contributed by atoms with E-state index in [1.807, 2.05) is 12.1 Å². The van der Waals surface area contributed by atoms with E-state index in [-0.39, 0.29) is 6.04 Å². The molecular weight excluding hydrogens is 322 g/mol. The zero-order chi connectivity index (χ0) is 17.9. The number of rotatable bonds is 4. The smallest absolute Gasteiger partial charge is 0.124 e. The maximum Gasteiger partial charge on any atom is 0.124 e. The van der Waals surface area contributed by atoms with Crippen molar-refractivity contribution >= 4 is 5.69 Å². The molecule has 1 aliphatic heterocycles. The van der Waals surface area contributed by atoms with Crippen molar-refractivity contribution in [2.45, 2.75) is 12.5 Å². The molecule has 0 N–H and O–H groups in total. The number of hydrogen-bond donors (Lipinski definition) is 0. The molecule has 3 aromatic carbocycles. The molecule has 0 amide bonds. The molecule has 132 valence electrons. The molecule has 1 heterocycles. The van der Waals surface area contributed by atoms with Crippen molar-refractivity contribution in [3.63, 3.8) is 0 Å². The van der Waals surface area contributed by atoms with Gasteiger partial charge >= 0.3 is 0 Å². The fourth-order valence-corrected chi connectivity index (χ4v) is 3.86. The average Bonchev–Trinajstić information content (AvgIpc) is 2.73. The van der Waals surface area contributed by atoms with Gasteiger partial charge in [0.1, 0.15) is 11.5 Å². The van der Waals surface area contributed by atoms with Crippen molar-refractivity contribution in [1.82, 2.24) is 0 Å². The molecule has 0 aliphatic carbocycles. The number of nitrogens with zero attached hydrogens (tertiary/aromatic N) is 1. The van der Waals surface area contributed by atoms with E-state index in [9.17, 15) is 0 Å². The van der Waals surface area contributed by atoms with Crippen LogP contribution in [-0.2, 0) is 6.42 Å². The van der Waals surface area contributed by atoms with Crippen LogP contribution in [0.2, 0.25) is 0 Å². The number of fused-ring (bicyclic) bond motifs is 1. The van der Waals surface area contributed by atoms with Gasteiger partial charge in [-0.05, 0) is 47.9 Å². The number of benzene rings is 3. The van der Waals surface area contributed by atoms with Crippen LogP contribution in [0.5, 0.6) is 11.5 Å². The lowest BCUT2D eigenvalue weighted by molar-refractivity contribution is 0.405. The van der Waals surface area contributed by atoms with Crippen molar-refractivity contribution in [3.05, 3.63) is 89.5 Å². The molecule has 1 aliphatic rings. The quantitative estimate of drug-likeness (QED) is 0.674. The van der Waals surface area contributed by atoms with Crippen molar-refractivity contribution in [1.29, 1.82) is 0 Å². The molecular formula is C23H23NO2. The van der Waals surface area contributed by atoms with Gasteiger partial charge in [-0.25, -0.2) is 0 Å². The Labute approximate surface area is 154 Å². The second-order valence-corrected chi connectivity index (χ2v) is 6.49. The minimum Gasteiger partial charge on any atom is -0.497 e. The molecule has 1 unspecified atom stereocenters. The SMILES string of the molecule is COc1ccc2c(c1)CCN(c1ccccc1)C2c1ccccc1OC. The largest absolute Gasteiger partial charge is 0.497 e. The zero-order valence-corrected chi connectivity index (χ0v) is 15.2. The van der Waals surface area contributed by atoms with Gasteiger partial charge in [-0.1, -0.05) is 42.5 Å². The number of anilines is 1. The van der Waals surface area contributed by atoms with Crippen molar-refractivity contribution in [2.75, 3.05) is 25.7 Å². The maximum atomic E-state index is 5.69. The Morgan fingerprint density at radius 3 is 2.35 bits per heavy atom. The lowest BCUT2D eigenvalue weighted by atomic mass is 9.87. The summed E-state index contributed by atoms with van der Waals surface area (Å²) >= 11 is 0. The van der Waals surface area contributed by atoms with Gasteiger partial charge in [0.05, 0.1) is 20.3 Å². The summed E-state index contributed by atoms with van der Waals surface area (Å²) < 4.78 is 11.1. The van der Waals surface area contributed by atoms with E-state index in [1.165, 1.54) is 22.4 Å². The summed E-state index contributed by atoms with van der Waals surface area (Å²) in [6.07, 6.45) is 0.993. The van der Waals surface area contributed by atoms with Gasteiger partial charge in [0.2, 0.25) is 0 Å². The lowest BCUT2D eigenvalue weighted by Crippen LogP contribution is -2.36. The van der Waals surface area contributed by atoms with Crippen molar-refractivity contribution in [2.24, 2.45) is 0 Å². The highest BCUT2D eigenvalue weighted by atomic mass is 16.5. The predicted octanol–water partition coefficient (Wildman–Crippen LogP) is 4.86. The standard InChI is InChI=1S/C23H23NO2/c1-25-19-12-13-20-17(16-19)14-15-24(18-8-4-3-5-9-18)23(20)21-10-6-7-11-22(21)26-2/h3-13,16,23H,14-15H2,1-2H3. The van der Waals surface area contributed by atoms with Crippen LogP contribution >= 0.6 is 0 Å². The van der Waals surface area contributed by atoms with Crippen LogP contribution in [-0.4, -0.2) is 20.8 Å². The Balaban J connectivity index is 1.88. The summed E-state index contributed by atoms with van der Waals surface area (Å²) in [7, 11) is 3.46. The summed E-state index contributed by atoms with van der Waals surface area (Å²) in [6, 6.07) is 25.4. The predicted molar refractivity (Wildman–Crippen MR) is 105 cm³/mol. The van der Waals surface area contributed by atoms with Gasteiger partial charge in [-0.2, -0.15) is 0 Å². The Kier molecular flexibility index (Phi) is 4.53. The van der Waals surface area contributed by atoms with Crippen LogP contribution in [0, 0.1) is 0 Å². The van der Waals surface area contributed by atoms with E-state index in [2.05, 4.69) is 65.6 Å². The molecule has 3 nitrogen and oxygen atoms in total. The Bertz CT molecular complexity index is 892. The zero-order valence-electron chi connectivity index (χ0n) is 15.2. The molecule has 1 atom stereocenters. The first-order valence-electron chi connectivity index (χ1n) is 8.93. The van der Waals surface area contributed by atoms with Crippen LogP contribution in [0.1, 0.15) is 22.7 Å². The first kappa shape index (κ1) is 16.5. The van der Waals surface area contributed by atoms with Gasteiger partial charge in [-0.15, -0.1) is 0 Å². The molecule has 0 saturated heterocycles. The van der Waals surface area contributed by atoms with Gasteiger partial charge in [-0.3, -0.25) is 0 Å². The van der Waals surface area contributed by atoms with Crippen LogP contribution < -0.4 is 14.4 Å². The van der Waals surface area contributed by atoms with Crippen molar-refractivity contribution in [3.8, 4) is 11.5 Å². The van der Waals surface area contributed by atoms with E-state index < -0.39 is 0 Å². The third kappa shape index (κ3) is 2.90. The van der Waals surface area contributed by atoms with Crippen LogP contribution in [0.25, 0.3) is 0 Å². The molecule has 0 radical (unpaired) electrons. The third-order valence-electron chi connectivity index (χ3n) is 5.10. The van der Waals surface area contributed by atoms with Gasteiger partial charge in [0.15, 0.2) is 0 Å². The molecule has 26 heavy (non-hydrogen) atoms. The van der Waals surface area contributed by atoms with Gasteiger partial charge in [0.25, 0.3) is 0 Å². The summed E-state index contributed by atoms with van der Waals surface area (Å²) in [5, 5.41) is 0. The second kappa shape index (κ2) is 7.12. The molecule has 0 spiro atoms. The third-order valence-corrected chi connectivity index (χ3v) is 5.10. The Morgan fingerprint density at radius 1 is 0.808 bits per heavy atom. The highest BCUT2D eigenvalue weighted by Crippen LogP contribution is 2.42. The minimum atomic E-state index is 0.114. The Hall–Kier alpha value is -2.94. The minimum absolute atomic E-state index is 0.114. The summed E-state index contributed by atoms with van der Waals surface area (Å²) in [5.74, 6) is 1.83. The van der Waals surface area contributed by atoms with E-state index in [4.69, 9.17) is 9.47 Å². The lowest BCUT2D eigenvalue weighted by Gasteiger charge is -2.40. The maximum absolute atomic E-state index is 5.69. The highest BCUT2D eigenvalue weighted by Gasteiger charge is 2.31. The highest BCUT2D eigenvalue weighted by molar-refractivity contribution is 5.58. The topological polar surface area (TPSA) is 21.7 Å². The van der Waals surface area contributed by atoms with Crippen LogP contribution in [0.4, 0.5) is 5.69 Å². The first-order valence-corrected chi connectivity index (χ1v) is 8.93. The molecule has 3 aromatic rings. The normalized spacial score (nSPS) is 16.1. The Morgan fingerprint density at radius 2 is 1.58 bits per heavy atom. The van der Waals surface area contributed by atoms with Gasteiger partial charge < -0.3 is 14.4 Å². The van der Waals surface area contributed by atoms with E-state index in [1.54, 1.807) is 14.2 Å². The summed E-state index contributed by atoms with van der Waals surface area (Å²) in [4.78, 5) is 2.46.